The van der Waals surface area contributed by atoms with Gasteiger partial charge >= 0.3 is 6.09 Å². The normalized spacial score (nSPS) is 19.9. The third-order valence-electron chi connectivity index (χ3n) is 4.08. The number of hydrogen-bond donors (Lipinski definition) is 1. The number of carbonyl (C=O) groups excluding carboxylic acids is 1. The molecule has 0 saturated carbocycles. The number of amides is 1. The van der Waals surface area contributed by atoms with E-state index >= 15 is 0 Å². The van der Waals surface area contributed by atoms with Gasteiger partial charge in [-0.1, -0.05) is 44.2 Å². The minimum Gasteiger partial charge on any atom is -0.444 e. The molecule has 1 aromatic carbocycles. The van der Waals surface area contributed by atoms with Crippen molar-refractivity contribution in [2.45, 2.75) is 58.7 Å². The van der Waals surface area contributed by atoms with E-state index in [2.05, 4.69) is 43.4 Å². The van der Waals surface area contributed by atoms with E-state index in [0.717, 1.165) is 13.0 Å². The molecule has 1 aliphatic rings. The van der Waals surface area contributed by atoms with Crippen molar-refractivity contribution >= 4 is 6.09 Å². The van der Waals surface area contributed by atoms with E-state index in [0.29, 0.717) is 24.5 Å². The number of carbonyl (C=O) groups is 1. The first kappa shape index (κ1) is 17.8. The fourth-order valence-electron chi connectivity index (χ4n) is 2.98. The highest BCUT2D eigenvalue weighted by atomic mass is 16.6. The van der Waals surface area contributed by atoms with Crippen LogP contribution in [0, 0.1) is 5.92 Å². The molecule has 0 aliphatic carbocycles. The molecule has 0 radical (unpaired) electrons. The van der Waals surface area contributed by atoms with Gasteiger partial charge in [0.1, 0.15) is 5.60 Å². The van der Waals surface area contributed by atoms with Crippen molar-refractivity contribution in [2.75, 3.05) is 13.1 Å². The Balaban J connectivity index is 1.94. The van der Waals surface area contributed by atoms with Crippen LogP contribution in [0.5, 0.6) is 0 Å². The molecule has 1 aromatic rings. The lowest BCUT2D eigenvalue weighted by molar-refractivity contribution is 0.0290. The van der Waals surface area contributed by atoms with Gasteiger partial charge in [-0.15, -0.1) is 0 Å². The summed E-state index contributed by atoms with van der Waals surface area (Å²) in [5.74, 6) is 0.493. The van der Waals surface area contributed by atoms with E-state index in [1.54, 1.807) is 0 Å². The van der Waals surface area contributed by atoms with Crippen LogP contribution in [0.15, 0.2) is 30.3 Å². The lowest BCUT2D eigenvalue weighted by Gasteiger charge is -2.27. The summed E-state index contributed by atoms with van der Waals surface area (Å²) in [6, 6.07) is 11.1. The molecule has 1 saturated heterocycles. The van der Waals surface area contributed by atoms with Crippen molar-refractivity contribution in [3.63, 3.8) is 0 Å². The number of rotatable bonds is 4. The molecule has 1 amide bonds. The standard InChI is InChI=1S/C19H30N2O2/c1-14(2)17(15-9-7-6-8-10-15)20-16-11-12-21(13-16)18(22)23-19(3,4)5/h6-10,14,16-17,20H,11-13H2,1-5H3. The molecule has 23 heavy (non-hydrogen) atoms. The molecule has 128 valence electrons. The second-order valence-electron chi connectivity index (χ2n) is 7.71. The maximum absolute atomic E-state index is 12.2. The minimum atomic E-state index is -0.437. The summed E-state index contributed by atoms with van der Waals surface area (Å²) in [4.78, 5) is 14.0. The molecular formula is C19H30N2O2. The van der Waals surface area contributed by atoms with Gasteiger partial charge in [0.25, 0.3) is 0 Å². The molecule has 0 aromatic heterocycles. The molecule has 2 unspecified atom stereocenters. The maximum Gasteiger partial charge on any atom is 0.410 e. The van der Waals surface area contributed by atoms with Crippen LogP contribution in [0.4, 0.5) is 4.79 Å². The predicted octanol–water partition coefficient (Wildman–Crippen LogP) is 3.98. The van der Waals surface area contributed by atoms with E-state index in [9.17, 15) is 4.79 Å². The Morgan fingerprint density at radius 1 is 1.26 bits per heavy atom. The highest BCUT2D eigenvalue weighted by Crippen LogP contribution is 2.24. The van der Waals surface area contributed by atoms with E-state index in [1.807, 2.05) is 31.7 Å². The van der Waals surface area contributed by atoms with Crippen LogP contribution in [-0.4, -0.2) is 35.7 Å². The molecule has 2 rings (SSSR count). The zero-order chi connectivity index (χ0) is 17.0. The van der Waals surface area contributed by atoms with E-state index in [4.69, 9.17) is 4.74 Å². The molecule has 4 heteroatoms. The molecule has 1 aliphatic heterocycles. The number of nitrogens with one attached hydrogen (secondary N) is 1. The first-order chi connectivity index (χ1) is 10.8. The molecule has 0 spiro atoms. The zero-order valence-electron chi connectivity index (χ0n) is 15.0. The average molecular weight is 318 g/mol. The van der Waals surface area contributed by atoms with Crippen molar-refractivity contribution in [3.8, 4) is 0 Å². The largest absolute Gasteiger partial charge is 0.444 e. The van der Waals surface area contributed by atoms with Crippen LogP contribution >= 0.6 is 0 Å². The smallest absolute Gasteiger partial charge is 0.410 e. The van der Waals surface area contributed by atoms with E-state index < -0.39 is 5.60 Å². The Bertz CT molecular complexity index is 508. The molecule has 0 bridgehead atoms. The van der Waals surface area contributed by atoms with Crippen LogP contribution in [0.1, 0.15) is 52.6 Å². The topological polar surface area (TPSA) is 41.6 Å². The third-order valence-corrected chi connectivity index (χ3v) is 4.08. The van der Waals surface area contributed by atoms with Crippen LogP contribution < -0.4 is 5.32 Å². The SMILES string of the molecule is CC(C)C(NC1CCN(C(=O)OC(C)(C)C)C1)c1ccccc1. The summed E-state index contributed by atoms with van der Waals surface area (Å²) >= 11 is 0. The van der Waals surface area contributed by atoms with E-state index in [1.165, 1.54) is 5.56 Å². The summed E-state index contributed by atoms with van der Waals surface area (Å²) in [6.45, 7) is 11.6. The van der Waals surface area contributed by atoms with Gasteiger partial charge in [0.2, 0.25) is 0 Å². The Morgan fingerprint density at radius 3 is 2.48 bits per heavy atom. The quantitative estimate of drug-likeness (QED) is 0.913. The Hall–Kier alpha value is -1.55. The zero-order valence-corrected chi connectivity index (χ0v) is 15.0. The Kier molecular flexibility index (Phi) is 5.69. The number of hydrogen-bond acceptors (Lipinski definition) is 3. The van der Waals surface area contributed by atoms with Crippen molar-refractivity contribution in [1.82, 2.24) is 10.2 Å². The van der Waals surface area contributed by atoms with Gasteiger partial charge in [-0.2, -0.15) is 0 Å². The van der Waals surface area contributed by atoms with Gasteiger partial charge in [0.15, 0.2) is 0 Å². The molecule has 1 heterocycles. The van der Waals surface area contributed by atoms with Gasteiger partial charge in [-0.25, -0.2) is 4.79 Å². The Morgan fingerprint density at radius 2 is 1.91 bits per heavy atom. The first-order valence-electron chi connectivity index (χ1n) is 8.55. The number of ether oxygens (including phenoxy) is 1. The van der Waals surface area contributed by atoms with Crippen LogP contribution in [0.25, 0.3) is 0 Å². The monoisotopic (exact) mass is 318 g/mol. The van der Waals surface area contributed by atoms with Gasteiger partial charge in [0.05, 0.1) is 0 Å². The summed E-state index contributed by atoms with van der Waals surface area (Å²) in [5.41, 5.74) is 0.867. The second kappa shape index (κ2) is 7.35. The maximum atomic E-state index is 12.2. The fraction of sp³-hybridized carbons (Fsp3) is 0.632. The highest BCUT2D eigenvalue weighted by Gasteiger charge is 2.31. The lowest BCUT2D eigenvalue weighted by Crippen LogP contribution is -2.40. The summed E-state index contributed by atoms with van der Waals surface area (Å²) in [6.07, 6.45) is 0.762. The molecular weight excluding hydrogens is 288 g/mol. The molecule has 1 fully saturated rings. The summed E-state index contributed by atoms with van der Waals surface area (Å²) in [7, 11) is 0. The van der Waals surface area contributed by atoms with Gasteiger partial charge in [-0.05, 0) is 38.7 Å². The average Bonchev–Trinajstić information content (AvgIpc) is 2.92. The van der Waals surface area contributed by atoms with Gasteiger partial charge in [-0.3, -0.25) is 0 Å². The van der Waals surface area contributed by atoms with Crippen molar-refractivity contribution in [3.05, 3.63) is 35.9 Å². The van der Waals surface area contributed by atoms with Crippen molar-refractivity contribution in [2.24, 2.45) is 5.92 Å². The fourth-order valence-corrected chi connectivity index (χ4v) is 2.98. The third kappa shape index (κ3) is 5.24. The molecule has 4 nitrogen and oxygen atoms in total. The molecule has 2 atom stereocenters. The van der Waals surface area contributed by atoms with Crippen LogP contribution in [-0.2, 0) is 4.74 Å². The predicted molar refractivity (Wildman–Crippen MR) is 93.4 cm³/mol. The van der Waals surface area contributed by atoms with E-state index in [-0.39, 0.29) is 6.09 Å². The van der Waals surface area contributed by atoms with Crippen molar-refractivity contribution < 1.29 is 9.53 Å². The van der Waals surface area contributed by atoms with Crippen molar-refractivity contribution in [1.29, 1.82) is 0 Å². The molecule has 1 N–H and O–H groups in total. The van der Waals surface area contributed by atoms with Crippen LogP contribution in [0.2, 0.25) is 0 Å². The first-order valence-corrected chi connectivity index (χ1v) is 8.55. The van der Waals surface area contributed by atoms with Gasteiger partial charge < -0.3 is 15.0 Å². The highest BCUT2D eigenvalue weighted by molar-refractivity contribution is 5.68. The number of likely N-dealkylation sites (tertiary alicyclic amines) is 1. The number of benzene rings is 1. The second-order valence-corrected chi connectivity index (χ2v) is 7.71. The van der Waals surface area contributed by atoms with Gasteiger partial charge in [0, 0.05) is 25.2 Å². The number of nitrogens with zero attached hydrogens (tertiary/aromatic N) is 1. The lowest BCUT2D eigenvalue weighted by atomic mass is 9.95. The summed E-state index contributed by atoms with van der Waals surface area (Å²) < 4.78 is 5.47. The van der Waals surface area contributed by atoms with Crippen LogP contribution in [0.3, 0.4) is 0 Å². The summed E-state index contributed by atoms with van der Waals surface area (Å²) in [5, 5.41) is 3.73. The Labute approximate surface area is 140 Å². The minimum absolute atomic E-state index is 0.206.